The molecule has 0 unspecified atom stereocenters. The van der Waals surface area contributed by atoms with E-state index in [-0.39, 0.29) is 16.1 Å². The van der Waals surface area contributed by atoms with Crippen LogP contribution in [0.4, 0.5) is 9.18 Å². The van der Waals surface area contributed by atoms with Crippen LogP contribution in [0, 0.1) is 5.82 Å². The van der Waals surface area contributed by atoms with Gasteiger partial charge in [0.25, 0.3) is 0 Å². The van der Waals surface area contributed by atoms with Crippen LogP contribution in [-0.4, -0.2) is 48.7 Å². The normalized spacial score (nSPS) is 20.2. The molecule has 1 saturated heterocycles. The third-order valence-electron chi connectivity index (χ3n) is 8.34. The third kappa shape index (κ3) is 4.80. The first-order valence-electron chi connectivity index (χ1n) is 12.4. The summed E-state index contributed by atoms with van der Waals surface area (Å²) in [6.45, 7) is 19.6. The first kappa shape index (κ1) is 27.4. The predicted octanol–water partition coefficient (Wildman–Crippen LogP) is 6.13. The molecule has 10 heteroatoms. The number of nitrogens with zero attached hydrogens (tertiary/aromatic N) is 2. The van der Waals surface area contributed by atoms with Crippen LogP contribution in [0.1, 0.15) is 65.8 Å². The molecule has 2 aliphatic rings. The second-order valence-corrected chi connectivity index (χ2v) is 17.6. The molecule has 4 rings (SSSR count). The molecule has 0 N–H and O–H groups in total. The van der Waals surface area contributed by atoms with E-state index in [2.05, 4.69) is 33.9 Å². The maximum atomic E-state index is 13.9. The van der Waals surface area contributed by atoms with E-state index in [1.165, 1.54) is 6.07 Å². The molecule has 6 nitrogen and oxygen atoms in total. The molecule has 2 aliphatic heterocycles. The maximum absolute atomic E-state index is 13.9. The zero-order chi connectivity index (χ0) is 26.8. The van der Waals surface area contributed by atoms with Gasteiger partial charge in [0.2, 0.25) is 0 Å². The Hall–Kier alpha value is -1.65. The molecule has 0 spiro atoms. The largest absolute Gasteiger partial charge is 0.496 e. The van der Waals surface area contributed by atoms with Crippen LogP contribution in [0.5, 0.6) is 0 Å². The fraction of sp³-hybridized carbons (Fsp3) is 0.577. The molecular weight excluding hydrogens is 498 g/mol. The van der Waals surface area contributed by atoms with Crippen molar-refractivity contribution in [2.75, 3.05) is 6.61 Å². The Kier molecular flexibility index (Phi) is 6.83. The molecule has 0 radical (unpaired) electrons. The first-order valence-corrected chi connectivity index (χ1v) is 15.7. The van der Waals surface area contributed by atoms with Crippen molar-refractivity contribution in [1.82, 2.24) is 9.47 Å². The van der Waals surface area contributed by atoms with Crippen molar-refractivity contribution in [3.05, 3.63) is 52.6 Å². The maximum Gasteiger partial charge on any atom is 0.496 e. The fourth-order valence-electron chi connectivity index (χ4n) is 4.15. The van der Waals surface area contributed by atoms with Gasteiger partial charge in [0.15, 0.2) is 8.32 Å². The van der Waals surface area contributed by atoms with E-state index in [1.807, 2.05) is 33.8 Å². The predicted molar refractivity (Wildman–Crippen MR) is 144 cm³/mol. The summed E-state index contributed by atoms with van der Waals surface area (Å²) in [6.07, 6.45) is 1.79. The molecule has 1 amide bonds. The van der Waals surface area contributed by atoms with Gasteiger partial charge in [-0.05, 0) is 69.6 Å². The highest BCUT2D eigenvalue weighted by Gasteiger charge is 2.52. The first-order chi connectivity index (χ1) is 16.4. The number of hydrogen-bond donors (Lipinski definition) is 0. The molecule has 1 atom stereocenters. The average molecular weight is 535 g/mol. The number of benzene rings is 1. The Labute approximate surface area is 220 Å². The monoisotopic (exact) mass is 534 g/mol. The van der Waals surface area contributed by atoms with E-state index in [0.717, 1.165) is 16.7 Å². The Morgan fingerprint density at radius 2 is 1.78 bits per heavy atom. The molecule has 0 bridgehead atoms. The van der Waals surface area contributed by atoms with E-state index < -0.39 is 38.5 Å². The second kappa shape index (κ2) is 8.98. The van der Waals surface area contributed by atoms with Gasteiger partial charge < -0.3 is 18.6 Å². The van der Waals surface area contributed by atoms with Gasteiger partial charge in [0.1, 0.15) is 5.82 Å². The van der Waals surface area contributed by atoms with Crippen molar-refractivity contribution in [1.29, 1.82) is 0 Å². The van der Waals surface area contributed by atoms with E-state index >= 15 is 0 Å². The summed E-state index contributed by atoms with van der Waals surface area (Å²) in [5.74, 6) is -0.490. The van der Waals surface area contributed by atoms with Crippen LogP contribution in [0.3, 0.4) is 0 Å². The summed E-state index contributed by atoms with van der Waals surface area (Å²) < 4.78 is 34.5. The lowest BCUT2D eigenvalue weighted by molar-refractivity contribution is 0.00578. The van der Waals surface area contributed by atoms with E-state index in [9.17, 15) is 9.18 Å². The Balaban J connectivity index is 1.60. The molecule has 0 saturated carbocycles. The topological polar surface area (TPSA) is 52.9 Å². The molecule has 1 fully saturated rings. The highest BCUT2D eigenvalue weighted by atomic mass is 35.5. The van der Waals surface area contributed by atoms with Crippen LogP contribution < -0.4 is 5.46 Å². The van der Waals surface area contributed by atoms with Crippen LogP contribution in [0.25, 0.3) is 0 Å². The van der Waals surface area contributed by atoms with E-state index in [1.54, 1.807) is 27.8 Å². The summed E-state index contributed by atoms with van der Waals surface area (Å²) in [6, 6.07) is 5.99. The number of hydrogen-bond acceptors (Lipinski definition) is 4. The van der Waals surface area contributed by atoms with E-state index in [4.69, 9.17) is 25.3 Å². The summed E-state index contributed by atoms with van der Waals surface area (Å²) >= 11 is 6.13. The van der Waals surface area contributed by atoms with E-state index in [0.29, 0.717) is 13.2 Å². The summed E-state index contributed by atoms with van der Waals surface area (Å²) in [4.78, 5) is 15.4. The molecule has 2 aromatic rings. The summed E-state index contributed by atoms with van der Waals surface area (Å²) in [5, 5.41) is 0.0369. The van der Waals surface area contributed by atoms with Gasteiger partial charge in [-0.1, -0.05) is 38.4 Å². The van der Waals surface area contributed by atoms with Crippen molar-refractivity contribution >= 4 is 38.5 Å². The minimum Gasteiger partial charge on any atom is -0.414 e. The Morgan fingerprint density at radius 3 is 2.31 bits per heavy atom. The molecule has 3 heterocycles. The van der Waals surface area contributed by atoms with Crippen LogP contribution in [0.2, 0.25) is 23.2 Å². The van der Waals surface area contributed by atoms with Gasteiger partial charge in [0.05, 0.1) is 35.4 Å². The number of amides is 1. The van der Waals surface area contributed by atoms with Crippen molar-refractivity contribution in [2.45, 2.75) is 90.4 Å². The van der Waals surface area contributed by atoms with Crippen LogP contribution >= 0.6 is 11.6 Å². The Morgan fingerprint density at radius 1 is 1.17 bits per heavy atom. The highest BCUT2D eigenvalue weighted by Crippen LogP contribution is 2.39. The van der Waals surface area contributed by atoms with Gasteiger partial charge in [-0.25, -0.2) is 9.18 Å². The van der Waals surface area contributed by atoms with Gasteiger partial charge in [0, 0.05) is 17.4 Å². The quantitative estimate of drug-likeness (QED) is 0.419. The van der Waals surface area contributed by atoms with Crippen molar-refractivity contribution < 1.29 is 22.9 Å². The van der Waals surface area contributed by atoms with Crippen LogP contribution in [-0.2, 0) is 20.3 Å². The number of aromatic nitrogens is 1. The third-order valence-corrected chi connectivity index (χ3v) is 13.1. The lowest BCUT2D eigenvalue weighted by Gasteiger charge is -2.38. The number of carbonyl (C=O) groups is 1. The van der Waals surface area contributed by atoms with Gasteiger partial charge in [-0.2, -0.15) is 0 Å². The molecule has 1 aromatic heterocycles. The fourth-order valence-corrected chi connectivity index (χ4v) is 5.35. The molecule has 196 valence electrons. The lowest BCUT2D eigenvalue weighted by atomic mass is 9.81. The smallest absolute Gasteiger partial charge is 0.414 e. The minimum absolute atomic E-state index is 0.00994. The number of carbonyl (C=O) groups excluding carboxylic acids is 1. The van der Waals surface area contributed by atoms with Gasteiger partial charge >= 0.3 is 13.1 Å². The number of fused-ring (bicyclic) bond motifs is 1. The zero-order valence-corrected chi connectivity index (χ0v) is 24.5. The summed E-state index contributed by atoms with van der Waals surface area (Å²) in [7, 11) is -2.64. The van der Waals surface area contributed by atoms with Gasteiger partial charge in [-0.15, -0.1) is 0 Å². The number of halogens is 2. The lowest BCUT2D eigenvalue weighted by Crippen LogP contribution is -2.44. The molecular formula is C26H37BClFN2O4Si. The van der Waals surface area contributed by atoms with Crippen molar-refractivity contribution in [3.63, 3.8) is 0 Å². The molecule has 1 aromatic carbocycles. The standard InChI is InChI=1S/C26H37BClFN2O4Si/c1-24(2,3)36(8,9)33-16-22(17-10-11-21(29)20(28)12-17)31-15-19-13-18(14-30(19)23(31)32)27-34-25(4,5)26(6,7)35-27/h10-14,22H,15-16H2,1-9H3/t22-/m1/s1. The highest BCUT2D eigenvalue weighted by molar-refractivity contribution is 6.74. The number of rotatable bonds is 6. The zero-order valence-electron chi connectivity index (χ0n) is 22.7. The van der Waals surface area contributed by atoms with Crippen molar-refractivity contribution in [3.8, 4) is 0 Å². The van der Waals surface area contributed by atoms with Crippen LogP contribution in [0.15, 0.2) is 30.5 Å². The minimum atomic E-state index is -2.10. The van der Waals surface area contributed by atoms with Crippen molar-refractivity contribution in [2.24, 2.45) is 0 Å². The molecule has 0 aliphatic carbocycles. The van der Waals surface area contributed by atoms with Gasteiger partial charge in [-0.3, -0.25) is 4.57 Å². The SMILES string of the molecule is CC1(C)OB(c2cc3n(c2)C(=O)N([C@H](CO[Si](C)(C)C(C)(C)C)c2ccc(F)c(Cl)c2)C3)OC1(C)C. The average Bonchev–Trinajstić information content (AvgIpc) is 3.35. The second-order valence-electron chi connectivity index (χ2n) is 12.4. The summed E-state index contributed by atoms with van der Waals surface area (Å²) in [5.41, 5.74) is 1.47. The Bertz CT molecular complexity index is 1160. The molecule has 36 heavy (non-hydrogen) atoms.